The van der Waals surface area contributed by atoms with Gasteiger partial charge in [-0.15, -0.1) is 11.3 Å². The predicted molar refractivity (Wildman–Crippen MR) is 77.3 cm³/mol. The number of carbonyl (C=O) groups excluding carboxylic acids is 1. The van der Waals surface area contributed by atoms with E-state index >= 15 is 0 Å². The summed E-state index contributed by atoms with van der Waals surface area (Å²) >= 11 is 1.62. The van der Waals surface area contributed by atoms with Gasteiger partial charge in [-0.3, -0.25) is 9.69 Å². The van der Waals surface area contributed by atoms with Crippen molar-refractivity contribution < 1.29 is 9.21 Å². The molecule has 1 saturated heterocycles. The highest BCUT2D eigenvalue weighted by Crippen LogP contribution is 2.24. The van der Waals surface area contributed by atoms with E-state index in [1.807, 2.05) is 22.4 Å². The summed E-state index contributed by atoms with van der Waals surface area (Å²) in [6, 6.07) is 4.00. The van der Waals surface area contributed by atoms with Gasteiger partial charge < -0.3 is 9.32 Å². The molecule has 2 aromatic heterocycles. The van der Waals surface area contributed by atoms with E-state index in [1.54, 1.807) is 24.5 Å². The minimum Gasteiger partial charge on any atom is -0.444 e. The van der Waals surface area contributed by atoms with Gasteiger partial charge in [0.2, 0.25) is 11.8 Å². The van der Waals surface area contributed by atoms with Crippen LogP contribution in [0, 0.1) is 0 Å². The van der Waals surface area contributed by atoms with Gasteiger partial charge in [-0.05, 0) is 11.4 Å². The molecule has 0 bridgehead atoms. The molecule has 3 rings (SSSR count). The third kappa shape index (κ3) is 2.91. The summed E-state index contributed by atoms with van der Waals surface area (Å²) < 4.78 is 5.52. The van der Waals surface area contributed by atoms with E-state index in [-0.39, 0.29) is 5.91 Å². The molecule has 0 saturated carbocycles. The van der Waals surface area contributed by atoms with E-state index in [2.05, 4.69) is 9.88 Å². The second-order valence-electron chi connectivity index (χ2n) is 4.90. The van der Waals surface area contributed by atoms with Crippen LogP contribution in [0.5, 0.6) is 0 Å². The van der Waals surface area contributed by atoms with Crippen LogP contribution >= 0.6 is 11.3 Å². The number of hydrogen-bond acceptors (Lipinski definition) is 5. The maximum absolute atomic E-state index is 11.3. The summed E-state index contributed by atoms with van der Waals surface area (Å²) in [5.41, 5.74) is 0.949. The van der Waals surface area contributed by atoms with Crippen LogP contribution < -0.4 is 0 Å². The predicted octanol–water partition coefficient (Wildman–Crippen LogP) is 2.07. The molecule has 0 aromatic carbocycles. The fourth-order valence-corrected chi connectivity index (χ4v) is 3.00. The first-order chi connectivity index (χ1) is 9.72. The van der Waals surface area contributed by atoms with Crippen molar-refractivity contribution in [1.29, 1.82) is 0 Å². The SMILES string of the molecule is CC(=O)N1CCN(Cc2coc(-c3cccs3)n2)CC1. The zero-order chi connectivity index (χ0) is 13.9. The Morgan fingerprint density at radius 1 is 1.40 bits per heavy atom. The third-order valence-electron chi connectivity index (χ3n) is 3.49. The second kappa shape index (κ2) is 5.76. The third-order valence-corrected chi connectivity index (χ3v) is 4.34. The number of amides is 1. The summed E-state index contributed by atoms with van der Waals surface area (Å²) in [5.74, 6) is 0.850. The van der Waals surface area contributed by atoms with Crippen molar-refractivity contribution >= 4 is 17.2 Å². The Labute approximate surface area is 121 Å². The molecular formula is C14H17N3O2S. The molecule has 0 radical (unpaired) electrons. The number of aromatic nitrogens is 1. The normalized spacial score (nSPS) is 16.6. The van der Waals surface area contributed by atoms with Crippen molar-refractivity contribution in [3.05, 3.63) is 29.5 Å². The van der Waals surface area contributed by atoms with Crippen molar-refractivity contribution in [2.75, 3.05) is 26.2 Å². The Bertz CT molecular complexity index is 571. The Hall–Kier alpha value is -1.66. The van der Waals surface area contributed by atoms with E-state index in [9.17, 15) is 4.79 Å². The smallest absolute Gasteiger partial charge is 0.236 e. The van der Waals surface area contributed by atoms with Gasteiger partial charge in [0.15, 0.2) is 0 Å². The molecule has 2 aromatic rings. The lowest BCUT2D eigenvalue weighted by Crippen LogP contribution is -2.47. The van der Waals surface area contributed by atoms with Crippen LogP contribution in [0.15, 0.2) is 28.2 Å². The molecule has 3 heterocycles. The van der Waals surface area contributed by atoms with Crippen LogP contribution in [0.4, 0.5) is 0 Å². The minimum absolute atomic E-state index is 0.158. The number of nitrogens with zero attached hydrogens (tertiary/aromatic N) is 3. The van der Waals surface area contributed by atoms with Crippen molar-refractivity contribution in [3.8, 4) is 10.8 Å². The summed E-state index contributed by atoms with van der Waals surface area (Å²) in [6.45, 7) is 5.78. The van der Waals surface area contributed by atoms with Crippen LogP contribution in [0.3, 0.4) is 0 Å². The van der Waals surface area contributed by atoms with Crippen molar-refractivity contribution in [1.82, 2.24) is 14.8 Å². The monoisotopic (exact) mass is 291 g/mol. The largest absolute Gasteiger partial charge is 0.444 e. The second-order valence-corrected chi connectivity index (χ2v) is 5.85. The highest BCUT2D eigenvalue weighted by Gasteiger charge is 2.19. The van der Waals surface area contributed by atoms with E-state index in [0.29, 0.717) is 5.89 Å². The molecule has 0 spiro atoms. The molecule has 0 N–H and O–H groups in total. The standard InChI is InChI=1S/C14H17N3O2S/c1-11(18)17-6-4-16(5-7-17)9-12-10-19-14(15-12)13-3-2-8-20-13/h2-3,8,10H,4-7,9H2,1H3. The number of thiophene rings is 1. The zero-order valence-electron chi connectivity index (χ0n) is 11.4. The molecule has 0 aliphatic carbocycles. The lowest BCUT2D eigenvalue weighted by molar-refractivity contribution is -0.130. The van der Waals surface area contributed by atoms with Crippen LogP contribution in [0.2, 0.25) is 0 Å². The first-order valence-corrected chi connectivity index (χ1v) is 7.56. The number of oxazole rings is 1. The molecule has 1 fully saturated rings. The zero-order valence-corrected chi connectivity index (χ0v) is 12.2. The molecule has 1 aliphatic rings. The van der Waals surface area contributed by atoms with Crippen molar-refractivity contribution in [2.45, 2.75) is 13.5 Å². The van der Waals surface area contributed by atoms with E-state index < -0.39 is 0 Å². The van der Waals surface area contributed by atoms with Gasteiger partial charge in [-0.1, -0.05) is 6.07 Å². The first-order valence-electron chi connectivity index (χ1n) is 6.68. The first kappa shape index (κ1) is 13.3. The molecule has 0 unspecified atom stereocenters. The number of carbonyl (C=O) groups is 1. The van der Waals surface area contributed by atoms with Crippen LogP contribution in [-0.2, 0) is 11.3 Å². The van der Waals surface area contributed by atoms with Crippen molar-refractivity contribution in [2.24, 2.45) is 0 Å². The van der Waals surface area contributed by atoms with Gasteiger partial charge in [0.05, 0.1) is 10.6 Å². The van der Waals surface area contributed by atoms with E-state index in [4.69, 9.17) is 4.42 Å². The molecule has 0 atom stereocenters. The van der Waals surface area contributed by atoms with Crippen LogP contribution in [-0.4, -0.2) is 46.9 Å². The van der Waals surface area contributed by atoms with Gasteiger partial charge >= 0.3 is 0 Å². The molecule has 5 nitrogen and oxygen atoms in total. The summed E-state index contributed by atoms with van der Waals surface area (Å²) in [5, 5.41) is 2.01. The number of hydrogen-bond donors (Lipinski definition) is 0. The molecule has 106 valence electrons. The van der Waals surface area contributed by atoms with Gasteiger partial charge in [0.1, 0.15) is 6.26 Å². The maximum atomic E-state index is 11.3. The number of rotatable bonds is 3. The average Bonchev–Trinajstić information content (AvgIpc) is 3.09. The van der Waals surface area contributed by atoms with Crippen LogP contribution in [0.25, 0.3) is 10.8 Å². The molecular weight excluding hydrogens is 274 g/mol. The Balaban J connectivity index is 1.58. The van der Waals surface area contributed by atoms with Gasteiger partial charge in [0.25, 0.3) is 0 Å². The Morgan fingerprint density at radius 2 is 2.20 bits per heavy atom. The topological polar surface area (TPSA) is 49.6 Å². The molecule has 20 heavy (non-hydrogen) atoms. The van der Waals surface area contributed by atoms with Gasteiger partial charge in [0, 0.05) is 39.6 Å². The quantitative estimate of drug-likeness (QED) is 0.868. The lowest BCUT2D eigenvalue weighted by Gasteiger charge is -2.33. The maximum Gasteiger partial charge on any atom is 0.236 e. The Morgan fingerprint density at radius 3 is 2.85 bits per heavy atom. The highest BCUT2D eigenvalue weighted by atomic mass is 32.1. The van der Waals surface area contributed by atoms with E-state index in [0.717, 1.165) is 43.3 Å². The summed E-state index contributed by atoms with van der Waals surface area (Å²) in [4.78, 5) is 21.0. The van der Waals surface area contributed by atoms with Gasteiger partial charge in [-0.25, -0.2) is 4.98 Å². The van der Waals surface area contributed by atoms with Crippen LogP contribution in [0.1, 0.15) is 12.6 Å². The Kier molecular flexibility index (Phi) is 3.84. The summed E-state index contributed by atoms with van der Waals surface area (Å²) in [6.07, 6.45) is 1.73. The molecule has 1 aliphatic heterocycles. The summed E-state index contributed by atoms with van der Waals surface area (Å²) in [7, 11) is 0. The van der Waals surface area contributed by atoms with Gasteiger partial charge in [-0.2, -0.15) is 0 Å². The fourth-order valence-electron chi connectivity index (χ4n) is 2.34. The fraction of sp³-hybridized carbons (Fsp3) is 0.429. The number of piperazine rings is 1. The minimum atomic E-state index is 0.158. The lowest BCUT2D eigenvalue weighted by atomic mass is 10.3. The molecule has 6 heteroatoms. The highest BCUT2D eigenvalue weighted by molar-refractivity contribution is 7.13. The average molecular weight is 291 g/mol. The molecule has 1 amide bonds. The van der Waals surface area contributed by atoms with Crippen molar-refractivity contribution in [3.63, 3.8) is 0 Å². The van der Waals surface area contributed by atoms with E-state index in [1.165, 1.54) is 0 Å².